The molecule has 2 aromatic rings. The summed E-state index contributed by atoms with van der Waals surface area (Å²) < 4.78 is 6.58. The van der Waals surface area contributed by atoms with Crippen LogP contribution in [0.3, 0.4) is 0 Å². The van der Waals surface area contributed by atoms with Crippen LogP contribution in [0.5, 0.6) is 0 Å². The maximum absolute atomic E-state index is 12.0. The third-order valence-corrected chi connectivity index (χ3v) is 3.83. The van der Waals surface area contributed by atoms with Crippen molar-refractivity contribution < 1.29 is 9.21 Å². The number of furan rings is 1. The monoisotopic (exact) mass is 371 g/mol. The van der Waals surface area contributed by atoms with Gasteiger partial charge < -0.3 is 9.73 Å². The Morgan fingerprint density at radius 2 is 1.95 bits per heavy atom. The average Bonchev–Trinajstić information content (AvgIpc) is 2.86. The molecule has 0 radical (unpaired) electrons. The molecule has 0 bridgehead atoms. The van der Waals surface area contributed by atoms with Crippen LogP contribution in [0.2, 0.25) is 0 Å². The van der Waals surface area contributed by atoms with Gasteiger partial charge in [-0.2, -0.15) is 0 Å². The van der Waals surface area contributed by atoms with E-state index in [2.05, 4.69) is 27.9 Å². The first-order chi connectivity index (χ1) is 9.33. The number of hydrogen-bond acceptors (Lipinski definition) is 2. The SMILES string of the molecule is O=C(NCCCCCCI)c1coc2ccccc12. The molecule has 0 saturated heterocycles. The van der Waals surface area contributed by atoms with Gasteiger partial charge in [0.15, 0.2) is 0 Å². The fraction of sp³-hybridized carbons (Fsp3) is 0.400. The Kier molecular flexibility index (Phi) is 5.69. The summed E-state index contributed by atoms with van der Waals surface area (Å²) in [6.07, 6.45) is 6.26. The van der Waals surface area contributed by atoms with Crippen molar-refractivity contribution >= 4 is 39.5 Å². The number of benzene rings is 1. The van der Waals surface area contributed by atoms with E-state index in [4.69, 9.17) is 4.42 Å². The van der Waals surface area contributed by atoms with Crippen LogP contribution in [-0.2, 0) is 0 Å². The molecular weight excluding hydrogens is 353 g/mol. The highest BCUT2D eigenvalue weighted by Crippen LogP contribution is 2.20. The van der Waals surface area contributed by atoms with Gasteiger partial charge in [0.2, 0.25) is 0 Å². The van der Waals surface area contributed by atoms with Crippen molar-refractivity contribution in [1.29, 1.82) is 0 Å². The molecule has 0 aliphatic heterocycles. The molecule has 19 heavy (non-hydrogen) atoms. The lowest BCUT2D eigenvalue weighted by Gasteiger charge is -2.03. The number of rotatable bonds is 7. The first-order valence-electron chi connectivity index (χ1n) is 6.63. The summed E-state index contributed by atoms with van der Waals surface area (Å²) in [6.45, 7) is 0.736. The van der Waals surface area contributed by atoms with E-state index in [1.165, 1.54) is 30.0 Å². The van der Waals surface area contributed by atoms with Gasteiger partial charge in [-0.05, 0) is 23.3 Å². The van der Waals surface area contributed by atoms with Crippen molar-refractivity contribution in [3.63, 3.8) is 0 Å². The third kappa shape index (κ3) is 3.96. The minimum absolute atomic E-state index is 0.0427. The molecule has 0 spiro atoms. The molecule has 1 heterocycles. The minimum Gasteiger partial charge on any atom is -0.463 e. The average molecular weight is 371 g/mol. The van der Waals surface area contributed by atoms with Gasteiger partial charge in [-0.15, -0.1) is 0 Å². The van der Waals surface area contributed by atoms with E-state index in [0.717, 1.165) is 23.9 Å². The van der Waals surface area contributed by atoms with Crippen LogP contribution in [0.25, 0.3) is 11.0 Å². The van der Waals surface area contributed by atoms with Gasteiger partial charge >= 0.3 is 0 Å². The number of halogens is 1. The molecule has 0 saturated carbocycles. The summed E-state index contributed by atoms with van der Waals surface area (Å²) >= 11 is 2.39. The third-order valence-electron chi connectivity index (χ3n) is 3.07. The van der Waals surface area contributed by atoms with Gasteiger partial charge in [-0.3, -0.25) is 4.79 Å². The number of fused-ring (bicyclic) bond motifs is 1. The maximum Gasteiger partial charge on any atom is 0.255 e. The van der Waals surface area contributed by atoms with Crippen LogP contribution in [0.15, 0.2) is 34.9 Å². The predicted molar refractivity (Wildman–Crippen MR) is 85.9 cm³/mol. The van der Waals surface area contributed by atoms with Crippen molar-refractivity contribution in [2.45, 2.75) is 25.7 Å². The molecule has 1 N–H and O–H groups in total. The molecule has 0 fully saturated rings. The van der Waals surface area contributed by atoms with E-state index in [0.29, 0.717) is 5.56 Å². The highest BCUT2D eigenvalue weighted by molar-refractivity contribution is 14.1. The second-order valence-corrected chi connectivity index (χ2v) is 5.58. The fourth-order valence-electron chi connectivity index (χ4n) is 2.02. The standard InChI is InChI=1S/C15H18INO2/c16-9-5-1-2-6-10-17-15(18)13-11-19-14-8-4-3-7-12(13)14/h3-4,7-8,11H,1-2,5-6,9-10H2,(H,17,18). The predicted octanol–water partition coefficient (Wildman–Crippen LogP) is 4.16. The van der Waals surface area contributed by atoms with E-state index in [1.807, 2.05) is 24.3 Å². The molecule has 3 nitrogen and oxygen atoms in total. The summed E-state index contributed by atoms with van der Waals surface area (Å²) in [5, 5.41) is 3.83. The molecule has 0 aliphatic carbocycles. The molecule has 0 unspecified atom stereocenters. The van der Waals surface area contributed by atoms with Crippen LogP contribution in [0.4, 0.5) is 0 Å². The van der Waals surface area contributed by atoms with Crippen LogP contribution >= 0.6 is 22.6 Å². The summed E-state index contributed by atoms with van der Waals surface area (Å²) in [5.74, 6) is -0.0427. The van der Waals surface area contributed by atoms with Crippen molar-refractivity contribution in [3.8, 4) is 0 Å². The number of alkyl halides is 1. The van der Waals surface area contributed by atoms with Gasteiger partial charge in [-0.25, -0.2) is 0 Å². The molecule has 2 rings (SSSR count). The number of carbonyl (C=O) groups excluding carboxylic acids is 1. The normalized spacial score (nSPS) is 10.8. The van der Waals surface area contributed by atoms with Crippen molar-refractivity contribution in [2.75, 3.05) is 11.0 Å². The number of para-hydroxylation sites is 1. The van der Waals surface area contributed by atoms with E-state index in [9.17, 15) is 4.79 Å². The number of amides is 1. The Morgan fingerprint density at radius 3 is 2.79 bits per heavy atom. The Balaban J connectivity index is 1.83. The second kappa shape index (κ2) is 7.53. The number of hydrogen-bond donors (Lipinski definition) is 1. The summed E-state index contributed by atoms with van der Waals surface area (Å²) in [5.41, 5.74) is 1.39. The maximum atomic E-state index is 12.0. The number of unbranched alkanes of at least 4 members (excludes halogenated alkanes) is 3. The number of nitrogens with one attached hydrogen (secondary N) is 1. The Bertz CT molecular complexity index is 536. The Labute approximate surface area is 126 Å². The van der Waals surface area contributed by atoms with E-state index >= 15 is 0 Å². The van der Waals surface area contributed by atoms with E-state index < -0.39 is 0 Å². The van der Waals surface area contributed by atoms with Gasteiger partial charge in [0.1, 0.15) is 11.8 Å². The smallest absolute Gasteiger partial charge is 0.255 e. The van der Waals surface area contributed by atoms with Crippen LogP contribution in [-0.4, -0.2) is 16.9 Å². The summed E-state index contributed by atoms with van der Waals surface area (Å²) in [6, 6.07) is 7.60. The van der Waals surface area contributed by atoms with E-state index in [-0.39, 0.29) is 5.91 Å². The second-order valence-electron chi connectivity index (χ2n) is 4.50. The first kappa shape index (κ1) is 14.4. The molecule has 102 valence electrons. The Hall–Kier alpha value is -1.04. The lowest BCUT2D eigenvalue weighted by Crippen LogP contribution is -2.24. The van der Waals surface area contributed by atoms with Crippen LogP contribution < -0.4 is 5.32 Å². The zero-order valence-corrected chi connectivity index (χ0v) is 13.0. The minimum atomic E-state index is -0.0427. The topological polar surface area (TPSA) is 42.2 Å². The van der Waals surface area contributed by atoms with E-state index in [1.54, 1.807) is 0 Å². The van der Waals surface area contributed by atoms with Crippen LogP contribution in [0, 0.1) is 0 Å². The van der Waals surface area contributed by atoms with Crippen LogP contribution in [0.1, 0.15) is 36.0 Å². The molecular formula is C15H18INO2. The van der Waals surface area contributed by atoms with Gasteiger partial charge in [-0.1, -0.05) is 53.6 Å². The zero-order chi connectivity index (χ0) is 13.5. The lowest BCUT2D eigenvalue weighted by atomic mass is 10.1. The summed E-state index contributed by atoms with van der Waals surface area (Å²) in [7, 11) is 0. The van der Waals surface area contributed by atoms with Crippen molar-refractivity contribution in [2.24, 2.45) is 0 Å². The fourth-order valence-corrected chi connectivity index (χ4v) is 2.56. The summed E-state index contributed by atoms with van der Waals surface area (Å²) in [4.78, 5) is 12.0. The quantitative estimate of drug-likeness (QED) is 0.451. The largest absolute Gasteiger partial charge is 0.463 e. The number of carbonyl (C=O) groups is 1. The highest BCUT2D eigenvalue weighted by Gasteiger charge is 2.12. The van der Waals surface area contributed by atoms with Crippen molar-refractivity contribution in [1.82, 2.24) is 5.32 Å². The molecule has 1 amide bonds. The molecule has 4 heteroatoms. The Morgan fingerprint density at radius 1 is 1.16 bits per heavy atom. The molecule has 1 aromatic carbocycles. The van der Waals surface area contributed by atoms with Gasteiger partial charge in [0.05, 0.1) is 5.56 Å². The molecule has 1 aromatic heterocycles. The van der Waals surface area contributed by atoms with Gasteiger partial charge in [0.25, 0.3) is 5.91 Å². The lowest BCUT2D eigenvalue weighted by molar-refractivity contribution is 0.0953. The molecule has 0 aliphatic rings. The zero-order valence-electron chi connectivity index (χ0n) is 10.8. The highest BCUT2D eigenvalue weighted by atomic mass is 127. The molecule has 0 atom stereocenters. The van der Waals surface area contributed by atoms with Crippen molar-refractivity contribution in [3.05, 3.63) is 36.1 Å². The van der Waals surface area contributed by atoms with Gasteiger partial charge in [0, 0.05) is 11.9 Å². The first-order valence-corrected chi connectivity index (χ1v) is 8.16.